The average molecular weight is 343 g/mol. The van der Waals surface area contributed by atoms with Gasteiger partial charge >= 0.3 is 12.1 Å². The molecule has 1 aromatic carbocycles. The fourth-order valence-electron chi connectivity index (χ4n) is 2.08. The molecule has 134 valence electrons. The van der Waals surface area contributed by atoms with E-state index in [9.17, 15) is 18.4 Å². The zero-order valence-electron chi connectivity index (χ0n) is 13.9. The van der Waals surface area contributed by atoms with Crippen molar-refractivity contribution < 1.29 is 27.8 Å². The first-order valence-corrected chi connectivity index (χ1v) is 7.81. The van der Waals surface area contributed by atoms with Gasteiger partial charge in [0.25, 0.3) is 5.92 Å². The Balaban J connectivity index is 2.58. The molecule has 1 aromatic rings. The fourth-order valence-corrected chi connectivity index (χ4v) is 2.08. The second-order valence-electron chi connectivity index (χ2n) is 5.45. The molecule has 0 fully saturated rings. The normalized spacial score (nSPS) is 12.3. The number of amides is 1. The first-order chi connectivity index (χ1) is 11.4. The summed E-state index contributed by atoms with van der Waals surface area (Å²) < 4.78 is 37.1. The number of halogens is 2. The van der Waals surface area contributed by atoms with Gasteiger partial charge in [0.05, 0.1) is 7.11 Å². The summed E-state index contributed by atoms with van der Waals surface area (Å²) in [5, 5.41) is 2.15. The number of rotatable bonds is 9. The van der Waals surface area contributed by atoms with Gasteiger partial charge < -0.3 is 14.8 Å². The number of alkyl carbamates (subject to hydrolysis) is 1. The van der Waals surface area contributed by atoms with Gasteiger partial charge in [-0.3, -0.25) is 0 Å². The van der Waals surface area contributed by atoms with E-state index in [1.165, 1.54) is 0 Å². The molecule has 0 saturated heterocycles. The summed E-state index contributed by atoms with van der Waals surface area (Å²) in [6, 6.07) is 7.43. The molecule has 1 unspecified atom stereocenters. The molecule has 1 amide bonds. The van der Waals surface area contributed by atoms with Crippen molar-refractivity contribution in [3.8, 4) is 0 Å². The minimum absolute atomic E-state index is 0.0210. The van der Waals surface area contributed by atoms with Crippen molar-refractivity contribution in [2.24, 2.45) is 0 Å². The highest BCUT2D eigenvalue weighted by Gasteiger charge is 2.36. The molecule has 7 heteroatoms. The van der Waals surface area contributed by atoms with E-state index in [1.54, 1.807) is 31.2 Å². The van der Waals surface area contributed by atoms with E-state index in [-0.39, 0.29) is 13.0 Å². The highest BCUT2D eigenvalue weighted by atomic mass is 19.3. The molecule has 0 spiro atoms. The van der Waals surface area contributed by atoms with E-state index in [0.29, 0.717) is 12.8 Å². The van der Waals surface area contributed by atoms with Gasteiger partial charge in [-0.25, -0.2) is 18.4 Å². The molecule has 0 radical (unpaired) electrons. The Labute approximate surface area is 140 Å². The molecular formula is C17H23F2NO4. The van der Waals surface area contributed by atoms with E-state index >= 15 is 0 Å². The molecule has 0 heterocycles. The quantitative estimate of drug-likeness (QED) is 0.695. The van der Waals surface area contributed by atoms with Crippen LogP contribution in [0.3, 0.4) is 0 Å². The molecule has 0 aliphatic heterocycles. The van der Waals surface area contributed by atoms with E-state index in [0.717, 1.165) is 12.7 Å². The summed E-state index contributed by atoms with van der Waals surface area (Å²) in [6.07, 6.45) is -1.16. The minimum atomic E-state index is -3.07. The van der Waals surface area contributed by atoms with Gasteiger partial charge in [-0.05, 0) is 12.0 Å². The predicted molar refractivity (Wildman–Crippen MR) is 84.7 cm³/mol. The Morgan fingerprint density at radius 2 is 1.92 bits per heavy atom. The number of hydrogen-bond acceptors (Lipinski definition) is 4. The molecule has 0 saturated carbocycles. The summed E-state index contributed by atoms with van der Waals surface area (Å²) in [6.45, 7) is 1.78. The third-order valence-electron chi connectivity index (χ3n) is 3.39. The average Bonchev–Trinajstić information content (AvgIpc) is 2.57. The molecule has 1 N–H and O–H groups in total. The first kappa shape index (κ1) is 19.9. The molecule has 1 rings (SSSR count). The summed E-state index contributed by atoms with van der Waals surface area (Å²) in [4.78, 5) is 23.4. The standard InChI is InChI=1S/C17H23F2NO4/c1-3-4-10-17(18,19)11-14(15(21)23-2)20-16(22)24-12-13-8-6-5-7-9-13/h5-9,14H,3-4,10-12H2,1-2H3,(H,20,22). The smallest absolute Gasteiger partial charge is 0.408 e. The number of unbranched alkanes of at least 4 members (excludes halogenated alkanes) is 1. The number of methoxy groups -OCH3 is 1. The maximum atomic E-state index is 13.9. The minimum Gasteiger partial charge on any atom is -0.467 e. The van der Waals surface area contributed by atoms with Crippen molar-refractivity contribution in [1.82, 2.24) is 5.32 Å². The van der Waals surface area contributed by atoms with Crippen LogP contribution in [-0.2, 0) is 20.9 Å². The van der Waals surface area contributed by atoms with Crippen molar-refractivity contribution in [3.05, 3.63) is 35.9 Å². The number of carbonyl (C=O) groups excluding carboxylic acids is 2. The molecular weight excluding hydrogens is 320 g/mol. The Hall–Kier alpha value is -2.18. The van der Waals surface area contributed by atoms with Crippen LogP contribution < -0.4 is 5.32 Å². The fraction of sp³-hybridized carbons (Fsp3) is 0.529. The van der Waals surface area contributed by atoms with Gasteiger partial charge in [0.2, 0.25) is 0 Å². The molecule has 24 heavy (non-hydrogen) atoms. The van der Waals surface area contributed by atoms with Gasteiger partial charge in [-0.1, -0.05) is 43.7 Å². The molecule has 0 aliphatic rings. The molecule has 5 nitrogen and oxygen atoms in total. The second-order valence-corrected chi connectivity index (χ2v) is 5.45. The van der Waals surface area contributed by atoms with E-state index in [4.69, 9.17) is 4.74 Å². The van der Waals surface area contributed by atoms with Crippen molar-refractivity contribution >= 4 is 12.1 Å². The number of hydrogen-bond donors (Lipinski definition) is 1. The summed E-state index contributed by atoms with van der Waals surface area (Å²) >= 11 is 0. The van der Waals surface area contributed by atoms with Crippen molar-refractivity contribution in [1.29, 1.82) is 0 Å². The van der Waals surface area contributed by atoms with Crippen LogP contribution in [0.15, 0.2) is 30.3 Å². The number of carbonyl (C=O) groups is 2. The SMILES string of the molecule is CCCCC(F)(F)CC(NC(=O)OCc1ccccc1)C(=O)OC. The van der Waals surface area contributed by atoms with Gasteiger partial charge in [0.1, 0.15) is 12.6 Å². The van der Waals surface area contributed by atoms with Crippen LogP contribution in [0.4, 0.5) is 13.6 Å². The second kappa shape index (κ2) is 9.85. The molecule has 0 bridgehead atoms. The van der Waals surface area contributed by atoms with Crippen LogP contribution in [-0.4, -0.2) is 31.1 Å². The van der Waals surface area contributed by atoms with Crippen molar-refractivity contribution in [3.63, 3.8) is 0 Å². The number of ether oxygens (including phenoxy) is 2. The van der Waals surface area contributed by atoms with Gasteiger partial charge in [0.15, 0.2) is 0 Å². The maximum Gasteiger partial charge on any atom is 0.408 e. The maximum absolute atomic E-state index is 13.9. The lowest BCUT2D eigenvalue weighted by Crippen LogP contribution is -2.45. The molecule has 0 aromatic heterocycles. The Bertz CT molecular complexity index is 523. The highest BCUT2D eigenvalue weighted by Crippen LogP contribution is 2.27. The van der Waals surface area contributed by atoms with Gasteiger partial charge in [0, 0.05) is 12.8 Å². The lowest BCUT2D eigenvalue weighted by molar-refractivity contribution is -0.146. The highest BCUT2D eigenvalue weighted by molar-refractivity contribution is 5.81. The third kappa shape index (κ3) is 7.39. The summed E-state index contributed by atoms with van der Waals surface area (Å²) in [7, 11) is 1.08. The molecule has 1 atom stereocenters. The number of nitrogens with one attached hydrogen (secondary N) is 1. The van der Waals surface area contributed by atoms with Crippen molar-refractivity contribution in [2.75, 3.05) is 7.11 Å². The van der Waals surface area contributed by atoms with Crippen molar-refractivity contribution in [2.45, 2.75) is 51.2 Å². The summed E-state index contributed by atoms with van der Waals surface area (Å²) in [5.41, 5.74) is 0.746. The monoisotopic (exact) mass is 343 g/mol. The van der Waals surface area contributed by atoms with Gasteiger partial charge in [-0.15, -0.1) is 0 Å². The first-order valence-electron chi connectivity index (χ1n) is 7.81. The Morgan fingerprint density at radius 1 is 1.25 bits per heavy atom. The number of alkyl halides is 2. The lowest BCUT2D eigenvalue weighted by Gasteiger charge is -2.22. The van der Waals surface area contributed by atoms with Crippen LogP contribution in [0.1, 0.15) is 38.2 Å². The van der Waals surface area contributed by atoms with Crippen LogP contribution in [0.25, 0.3) is 0 Å². The van der Waals surface area contributed by atoms with Crippen LogP contribution >= 0.6 is 0 Å². The summed E-state index contributed by atoms with van der Waals surface area (Å²) in [5.74, 6) is -4.00. The zero-order chi connectivity index (χ0) is 18.0. The van der Waals surface area contributed by atoms with Crippen LogP contribution in [0, 0.1) is 0 Å². The predicted octanol–water partition coefficient (Wildman–Crippen LogP) is 3.67. The number of benzene rings is 1. The van der Waals surface area contributed by atoms with E-state index in [1.807, 2.05) is 6.07 Å². The zero-order valence-corrected chi connectivity index (χ0v) is 13.9. The Kier molecular flexibility index (Phi) is 8.15. The largest absolute Gasteiger partial charge is 0.467 e. The Morgan fingerprint density at radius 3 is 2.50 bits per heavy atom. The lowest BCUT2D eigenvalue weighted by atomic mass is 10.0. The van der Waals surface area contributed by atoms with Crippen LogP contribution in [0.2, 0.25) is 0 Å². The van der Waals surface area contributed by atoms with E-state index in [2.05, 4.69) is 10.1 Å². The molecule has 0 aliphatic carbocycles. The van der Waals surface area contributed by atoms with E-state index < -0.39 is 30.4 Å². The van der Waals surface area contributed by atoms with Gasteiger partial charge in [-0.2, -0.15) is 0 Å². The third-order valence-corrected chi connectivity index (χ3v) is 3.39. The topological polar surface area (TPSA) is 64.6 Å². The van der Waals surface area contributed by atoms with Crippen LogP contribution in [0.5, 0.6) is 0 Å². The number of esters is 1.